The predicted octanol–water partition coefficient (Wildman–Crippen LogP) is 4.89. The van der Waals surface area contributed by atoms with Gasteiger partial charge in [-0.1, -0.05) is 59.8 Å². The lowest BCUT2D eigenvalue weighted by atomic mass is 9.74. The summed E-state index contributed by atoms with van der Waals surface area (Å²) in [6.07, 6.45) is 8.87. The predicted molar refractivity (Wildman–Crippen MR) is 64.4 cm³/mol. The van der Waals surface area contributed by atoms with E-state index in [1.807, 2.05) is 0 Å². The van der Waals surface area contributed by atoms with Gasteiger partial charge in [-0.3, -0.25) is 0 Å². The van der Waals surface area contributed by atoms with Crippen LogP contribution in [0.4, 0.5) is 0 Å². The van der Waals surface area contributed by atoms with Crippen molar-refractivity contribution < 1.29 is 0 Å². The van der Waals surface area contributed by atoms with Crippen LogP contribution in [0.5, 0.6) is 0 Å². The largest absolute Gasteiger partial charge is 0.0628 e. The van der Waals surface area contributed by atoms with Crippen molar-refractivity contribution in [1.29, 1.82) is 0 Å². The lowest BCUT2D eigenvalue weighted by Crippen LogP contribution is -2.20. The maximum absolute atomic E-state index is 2.44. The van der Waals surface area contributed by atoms with E-state index in [0.29, 0.717) is 0 Å². The normalized spacial score (nSPS) is 33.6. The van der Waals surface area contributed by atoms with E-state index in [0.717, 1.165) is 23.7 Å². The van der Waals surface area contributed by atoms with Gasteiger partial charge in [-0.15, -0.1) is 0 Å². The molecule has 1 fully saturated rings. The third kappa shape index (κ3) is 4.02. The van der Waals surface area contributed by atoms with Crippen LogP contribution in [0.1, 0.15) is 66.2 Å². The number of hydrogen-bond acceptors (Lipinski definition) is 0. The topological polar surface area (TPSA) is 0 Å². The highest BCUT2D eigenvalue weighted by molar-refractivity contribution is 4.75. The maximum Gasteiger partial charge on any atom is -0.0412 e. The molecule has 0 aromatic rings. The van der Waals surface area contributed by atoms with Crippen LogP contribution >= 0.6 is 0 Å². The molecule has 3 atom stereocenters. The molecule has 1 aliphatic rings. The van der Waals surface area contributed by atoms with Crippen LogP contribution < -0.4 is 0 Å². The average molecular weight is 196 g/mol. The number of rotatable bonds is 4. The van der Waals surface area contributed by atoms with Crippen molar-refractivity contribution in [1.82, 2.24) is 0 Å². The molecule has 1 rings (SSSR count). The summed E-state index contributed by atoms with van der Waals surface area (Å²) in [6, 6.07) is 0. The monoisotopic (exact) mass is 196 g/mol. The molecule has 1 saturated carbocycles. The van der Waals surface area contributed by atoms with E-state index in [4.69, 9.17) is 0 Å². The number of hydrogen-bond donors (Lipinski definition) is 0. The van der Waals surface area contributed by atoms with Crippen molar-refractivity contribution in [3.05, 3.63) is 0 Å². The first-order valence-corrected chi connectivity index (χ1v) is 6.59. The lowest BCUT2D eigenvalue weighted by molar-refractivity contribution is 0.196. The van der Waals surface area contributed by atoms with Crippen molar-refractivity contribution >= 4 is 0 Å². The zero-order valence-corrected chi connectivity index (χ0v) is 10.6. The first-order chi connectivity index (χ1) is 6.59. The van der Waals surface area contributed by atoms with Crippen LogP contribution in [0.3, 0.4) is 0 Å². The SMILES string of the molecule is CC(C)CCCC1CCC(C)C(C)C1. The first-order valence-electron chi connectivity index (χ1n) is 6.59. The fraction of sp³-hybridized carbons (Fsp3) is 1.00. The molecular formula is C14H28. The smallest absolute Gasteiger partial charge is 0.0412 e. The van der Waals surface area contributed by atoms with E-state index in [9.17, 15) is 0 Å². The lowest BCUT2D eigenvalue weighted by Gasteiger charge is -2.32. The molecular weight excluding hydrogens is 168 g/mol. The first kappa shape index (κ1) is 12.1. The quantitative estimate of drug-likeness (QED) is 0.601. The molecule has 0 N–H and O–H groups in total. The van der Waals surface area contributed by atoms with E-state index in [2.05, 4.69) is 27.7 Å². The van der Waals surface area contributed by atoms with Gasteiger partial charge in [0.2, 0.25) is 0 Å². The second-order valence-electron chi connectivity index (χ2n) is 5.96. The highest BCUT2D eigenvalue weighted by Gasteiger charge is 2.23. The summed E-state index contributed by atoms with van der Waals surface area (Å²) < 4.78 is 0. The summed E-state index contributed by atoms with van der Waals surface area (Å²) in [5.74, 6) is 3.92. The highest BCUT2D eigenvalue weighted by Crippen LogP contribution is 2.35. The molecule has 1 aliphatic carbocycles. The third-order valence-electron chi connectivity index (χ3n) is 4.10. The summed E-state index contributed by atoms with van der Waals surface area (Å²) in [7, 11) is 0. The van der Waals surface area contributed by atoms with E-state index >= 15 is 0 Å². The molecule has 0 heterocycles. The molecule has 0 aliphatic heterocycles. The minimum absolute atomic E-state index is 0.898. The summed E-state index contributed by atoms with van der Waals surface area (Å²) in [4.78, 5) is 0. The van der Waals surface area contributed by atoms with Crippen molar-refractivity contribution in [2.24, 2.45) is 23.7 Å². The minimum Gasteiger partial charge on any atom is -0.0628 e. The molecule has 14 heavy (non-hydrogen) atoms. The van der Waals surface area contributed by atoms with E-state index in [1.165, 1.54) is 38.5 Å². The zero-order chi connectivity index (χ0) is 10.6. The highest BCUT2D eigenvalue weighted by atomic mass is 14.3. The standard InChI is InChI=1S/C14H28/c1-11(2)6-5-7-14-9-8-12(3)13(4)10-14/h11-14H,5-10H2,1-4H3. The Hall–Kier alpha value is 0. The van der Waals surface area contributed by atoms with Gasteiger partial charge in [0.15, 0.2) is 0 Å². The summed E-state index contributed by atoms with van der Waals surface area (Å²) >= 11 is 0. The van der Waals surface area contributed by atoms with Crippen LogP contribution in [-0.4, -0.2) is 0 Å². The maximum atomic E-state index is 2.44. The molecule has 84 valence electrons. The Labute approximate surface area is 90.5 Å². The average Bonchev–Trinajstić information content (AvgIpc) is 2.10. The van der Waals surface area contributed by atoms with Gasteiger partial charge in [-0.2, -0.15) is 0 Å². The van der Waals surface area contributed by atoms with Crippen molar-refractivity contribution in [3.8, 4) is 0 Å². The Morgan fingerprint density at radius 3 is 2.36 bits per heavy atom. The Kier molecular flexibility index (Phi) is 4.98. The van der Waals surface area contributed by atoms with Crippen LogP contribution in [-0.2, 0) is 0 Å². The fourth-order valence-corrected chi connectivity index (χ4v) is 2.74. The molecule has 0 aromatic heterocycles. The van der Waals surface area contributed by atoms with Gasteiger partial charge in [0, 0.05) is 0 Å². The van der Waals surface area contributed by atoms with Crippen molar-refractivity contribution in [3.63, 3.8) is 0 Å². The van der Waals surface area contributed by atoms with Gasteiger partial charge in [0.05, 0.1) is 0 Å². The molecule has 0 spiro atoms. The summed E-state index contributed by atoms with van der Waals surface area (Å²) in [5, 5.41) is 0. The molecule has 0 saturated heterocycles. The van der Waals surface area contributed by atoms with Crippen molar-refractivity contribution in [2.45, 2.75) is 66.2 Å². The molecule has 0 bridgehead atoms. The van der Waals surface area contributed by atoms with E-state index < -0.39 is 0 Å². The molecule has 0 aromatic carbocycles. The van der Waals surface area contributed by atoms with Crippen LogP contribution in [0, 0.1) is 23.7 Å². The van der Waals surface area contributed by atoms with Crippen LogP contribution in [0.15, 0.2) is 0 Å². The zero-order valence-electron chi connectivity index (χ0n) is 10.6. The van der Waals surface area contributed by atoms with Gasteiger partial charge in [-0.05, 0) is 30.1 Å². The van der Waals surface area contributed by atoms with Gasteiger partial charge >= 0.3 is 0 Å². The molecule has 0 amide bonds. The molecule has 0 nitrogen and oxygen atoms in total. The van der Waals surface area contributed by atoms with E-state index in [1.54, 1.807) is 0 Å². The fourth-order valence-electron chi connectivity index (χ4n) is 2.74. The Morgan fingerprint density at radius 2 is 1.79 bits per heavy atom. The summed E-state index contributed by atoms with van der Waals surface area (Å²) in [6.45, 7) is 9.55. The summed E-state index contributed by atoms with van der Waals surface area (Å²) in [5.41, 5.74) is 0. The Morgan fingerprint density at radius 1 is 1.07 bits per heavy atom. The second kappa shape index (κ2) is 5.78. The van der Waals surface area contributed by atoms with E-state index in [-0.39, 0.29) is 0 Å². The molecule has 0 heteroatoms. The Balaban J connectivity index is 2.13. The van der Waals surface area contributed by atoms with Gasteiger partial charge in [0.1, 0.15) is 0 Å². The minimum atomic E-state index is 0.898. The Bertz CT molecular complexity index is 148. The van der Waals surface area contributed by atoms with Gasteiger partial charge in [0.25, 0.3) is 0 Å². The third-order valence-corrected chi connectivity index (χ3v) is 4.10. The van der Waals surface area contributed by atoms with Crippen LogP contribution in [0.25, 0.3) is 0 Å². The van der Waals surface area contributed by atoms with Gasteiger partial charge in [-0.25, -0.2) is 0 Å². The van der Waals surface area contributed by atoms with Crippen molar-refractivity contribution in [2.75, 3.05) is 0 Å². The molecule has 3 unspecified atom stereocenters. The molecule has 0 radical (unpaired) electrons. The van der Waals surface area contributed by atoms with Crippen LogP contribution in [0.2, 0.25) is 0 Å². The second-order valence-corrected chi connectivity index (χ2v) is 5.96. The van der Waals surface area contributed by atoms with Gasteiger partial charge < -0.3 is 0 Å².